The predicted molar refractivity (Wildman–Crippen MR) is 66.2 cm³/mol. The van der Waals surface area contributed by atoms with Crippen LogP contribution in [0.25, 0.3) is 11.3 Å². The smallest absolute Gasteiger partial charge is 0.223 e. The van der Waals surface area contributed by atoms with Crippen molar-refractivity contribution in [2.75, 3.05) is 19.0 Å². The highest BCUT2D eigenvalue weighted by atomic mass is 19.1. The molecule has 92 valence electrons. The molecule has 0 atom stereocenters. The second-order valence-electron chi connectivity index (χ2n) is 4.03. The third-order valence-electron chi connectivity index (χ3n) is 2.94. The van der Waals surface area contributed by atoms with Crippen LogP contribution in [0.2, 0.25) is 0 Å². The van der Waals surface area contributed by atoms with Crippen molar-refractivity contribution in [3.05, 3.63) is 35.8 Å². The van der Waals surface area contributed by atoms with E-state index < -0.39 is 5.82 Å². The van der Waals surface area contributed by atoms with Gasteiger partial charge in [0.05, 0.1) is 12.8 Å². The maximum atomic E-state index is 13.9. The van der Waals surface area contributed by atoms with Gasteiger partial charge >= 0.3 is 0 Å². The number of hydrogen-bond acceptors (Lipinski definition) is 4. The Kier molecular flexibility index (Phi) is 2.59. The van der Waals surface area contributed by atoms with Crippen LogP contribution in [-0.4, -0.2) is 23.6 Å². The largest absolute Gasteiger partial charge is 0.492 e. The molecule has 0 bridgehead atoms. The van der Waals surface area contributed by atoms with Gasteiger partial charge in [0.15, 0.2) is 5.82 Å². The Morgan fingerprint density at radius 3 is 3.11 bits per heavy atom. The van der Waals surface area contributed by atoms with E-state index in [2.05, 4.69) is 15.3 Å². The monoisotopic (exact) mass is 245 g/mol. The Hall–Kier alpha value is -2.17. The van der Waals surface area contributed by atoms with Crippen LogP contribution in [0.1, 0.15) is 5.56 Å². The molecule has 0 spiro atoms. The molecule has 1 N–H and O–H groups in total. The molecule has 0 unspecified atom stereocenters. The van der Waals surface area contributed by atoms with Gasteiger partial charge in [-0.2, -0.15) is 0 Å². The first-order chi connectivity index (χ1) is 8.79. The molecule has 0 saturated carbocycles. The number of nitrogens with one attached hydrogen (secondary N) is 1. The lowest BCUT2D eigenvalue weighted by Crippen LogP contribution is -2.00. The first-order valence-corrected chi connectivity index (χ1v) is 5.75. The SMILES string of the molecule is CNc1ncc(F)c(-c2cccc3c2OCC3)n1. The van der Waals surface area contributed by atoms with Gasteiger partial charge < -0.3 is 10.1 Å². The number of ether oxygens (including phenoxy) is 1. The molecular formula is C13H12FN3O. The summed E-state index contributed by atoms with van der Waals surface area (Å²) in [6, 6.07) is 5.70. The van der Waals surface area contributed by atoms with E-state index in [4.69, 9.17) is 4.74 Å². The molecule has 0 aliphatic carbocycles. The lowest BCUT2D eigenvalue weighted by Gasteiger charge is -2.09. The van der Waals surface area contributed by atoms with Crippen LogP contribution in [0.3, 0.4) is 0 Å². The van der Waals surface area contributed by atoms with E-state index in [-0.39, 0.29) is 5.69 Å². The number of halogens is 1. The molecule has 1 aliphatic rings. The number of rotatable bonds is 2. The Balaban J connectivity index is 2.18. The van der Waals surface area contributed by atoms with Crippen molar-refractivity contribution in [3.63, 3.8) is 0 Å². The number of aromatic nitrogens is 2. The standard InChI is InChI=1S/C13H12FN3O/c1-15-13-16-7-10(14)11(17-13)9-4-2-3-8-5-6-18-12(8)9/h2-4,7H,5-6H2,1H3,(H,15,16,17). The van der Waals surface area contributed by atoms with Gasteiger partial charge in [-0.25, -0.2) is 14.4 Å². The molecule has 3 rings (SSSR count). The minimum absolute atomic E-state index is 0.271. The summed E-state index contributed by atoms with van der Waals surface area (Å²) in [6.45, 7) is 0.637. The number of hydrogen-bond donors (Lipinski definition) is 1. The fraction of sp³-hybridized carbons (Fsp3) is 0.231. The zero-order valence-corrected chi connectivity index (χ0v) is 9.90. The number of para-hydroxylation sites is 1. The van der Waals surface area contributed by atoms with Gasteiger partial charge in [-0.1, -0.05) is 12.1 Å². The molecule has 1 aromatic carbocycles. The first-order valence-electron chi connectivity index (χ1n) is 5.75. The van der Waals surface area contributed by atoms with E-state index in [1.165, 1.54) is 6.20 Å². The molecule has 0 fully saturated rings. The normalized spacial score (nSPS) is 13.0. The quantitative estimate of drug-likeness (QED) is 0.881. The van der Waals surface area contributed by atoms with Crippen molar-refractivity contribution >= 4 is 5.95 Å². The number of anilines is 1. The highest BCUT2D eigenvalue weighted by molar-refractivity contribution is 5.71. The van der Waals surface area contributed by atoms with E-state index in [1.807, 2.05) is 18.2 Å². The first kappa shape index (κ1) is 11.0. The van der Waals surface area contributed by atoms with Crippen molar-refractivity contribution in [3.8, 4) is 17.0 Å². The van der Waals surface area contributed by atoms with Gasteiger partial charge in [0.25, 0.3) is 0 Å². The summed E-state index contributed by atoms with van der Waals surface area (Å²) >= 11 is 0. The zero-order chi connectivity index (χ0) is 12.5. The molecule has 4 nitrogen and oxygen atoms in total. The molecule has 0 amide bonds. The molecule has 1 aliphatic heterocycles. The van der Waals surface area contributed by atoms with E-state index in [1.54, 1.807) is 7.05 Å². The molecule has 1 aromatic heterocycles. The summed E-state index contributed by atoms with van der Waals surface area (Å²) in [4.78, 5) is 8.00. The summed E-state index contributed by atoms with van der Waals surface area (Å²) in [5.74, 6) is 0.678. The third kappa shape index (κ3) is 1.68. The molecule has 5 heteroatoms. The summed E-state index contributed by atoms with van der Waals surface area (Å²) in [5.41, 5.74) is 2.05. The van der Waals surface area contributed by atoms with Crippen LogP contribution in [-0.2, 0) is 6.42 Å². The molecule has 2 heterocycles. The lowest BCUT2D eigenvalue weighted by atomic mass is 10.1. The highest BCUT2D eigenvalue weighted by Crippen LogP contribution is 2.36. The van der Waals surface area contributed by atoms with Crippen LogP contribution in [0.4, 0.5) is 10.3 Å². The number of benzene rings is 1. The minimum Gasteiger partial charge on any atom is -0.492 e. The predicted octanol–water partition coefficient (Wildman–Crippen LogP) is 2.26. The summed E-state index contributed by atoms with van der Waals surface area (Å²) in [6.07, 6.45) is 2.03. The van der Waals surface area contributed by atoms with Crippen molar-refractivity contribution in [2.24, 2.45) is 0 Å². The fourth-order valence-corrected chi connectivity index (χ4v) is 2.08. The van der Waals surface area contributed by atoms with E-state index in [0.717, 1.165) is 17.7 Å². The lowest BCUT2D eigenvalue weighted by molar-refractivity contribution is 0.357. The molecule has 0 saturated heterocycles. The second kappa shape index (κ2) is 4.25. The number of fused-ring (bicyclic) bond motifs is 1. The van der Waals surface area contributed by atoms with E-state index in [0.29, 0.717) is 18.1 Å². The Bertz CT molecular complexity index is 601. The summed E-state index contributed by atoms with van der Waals surface area (Å²) in [7, 11) is 1.70. The number of nitrogens with zero attached hydrogens (tertiary/aromatic N) is 2. The van der Waals surface area contributed by atoms with Crippen LogP contribution in [0.15, 0.2) is 24.4 Å². The average molecular weight is 245 g/mol. The highest BCUT2D eigenvalue weighted by Gasteiger charge is 2.20. The van der Waals surface area contributed by atoms with Crippen molar-refractivity contribution in [1.82, 2.24) is 9.97 Å². The van der Waals surface area contributed by atoms with Crippen LogP contribution in [0, 0.1) is 5.82 Å². The van der Waals surface area contributed by atoms with Gasteiger partial charge in [-0.15, -0.1) is 0 Å². The van der Waals surface area contributed by atoms with Gasteiger partial charge in [0, 0.05) is 19.0 Å². The van der Waals surface area contributed by atoms with Crippen molar-refractivity contribution in [1.29, 1.82) is 0 Å². The summed E-state index contributed by atoms with van der Waals surface area (Å²) in [5, 5.41) is 2.80. The fourth-order valence-electron chi connectivity index (χ4n) is 2.08. The summed E-state index contributed by atoms with van der Waals surface area (Å²) < 4.78 is 19.4. The van der Waals surface area contributed by atoms with E-state index in [9.17, 15) is 4.39 Å². The molecule has 0 radical (unpaired) electrons. The zero-order valence-electron chi connectivity index (χ0n) is 9.90. The second-order valence-corrected chi connectivity index (χ2v) is 4.03. The Morgan fingerprint density at radius 2 is 2.28 bits per heavy atom. The van der Waals surface area contributed by atoms with E-state index >= 15 is 0 Å². The Morgan fingerprint density at radius 1 is 1.39 bits per heavy atom. The molecule has 18 heavy (non-hydrogen) atoms. The maximum Gasteiger partial charge on any atom is 0.223 e. The van der Waals surface area contributed by atoms with Crippen molar-refractivity contribution in [2.45, 2.75) is 6.42 Å². The average Bonchev–Trinajstić information content (AvgIpc) is 2.87. The van der Waals surface area contributed by atoms with Gasteiger partial charge in [0.1, 0.15) is 11.4 Å². The van der Waals surface area contributed by atoms with Crippen LogP contribution < -0.4 is 10.1 Å². The van der Waals surface area contributed by atoms with Gasteiger partial charge in [-0.05, 0) is 11.6 Å². The van der Waals surface area contributed by atoms with Crippen molar-refractivity contribution < 1.29 is 9.13 Å². The van der Waals surface area contributed by atoms with Crippen LogP contribution >= 0.6 is 0 Å². The third-order valence-corrected chi connectivity index (χ3v) is 2.94. The van der Waals surface area contributed by atoms with Gasteiger partial charge in [0.2, 0.25) is 5.95 Å². The topological polar surface area (TPSA) is 47.0 Å². The van der Waals surface area contributed by atoms with Crippen LogP contribution in [0.5, 0.6) is 5.75 Å². The van der Waals surface area contributed by atoms with Gasteiger partial charge in [-0.3, -0.25) is 0 Å². The maximum absolute atomic E-state index is 13.9. The Labute approximate surface area is 104 Å². The molecular weight excluding hydrogens is 233 g/mol. The molecule has 2 aromatic rings. The minimum atomic E-state index is -0.446.